The minimum absolute atomic E-state index is 0.0606. The SMILES string of the molecule is O=C(O)CCC(=O)N(CCN1C(=O)C=C(Br)C1=O)CCN1C(=O)C=C(Br)C1=O. The number of hydrogen-bond donors (Lipinski definition) is 1. The van der Waals surface area contributed by atoms with Crippen LogP contribution in [0.15, 0.2) is 21.1 Å². The van der Waals surface area contributed by atoms with Crippen LogP contribution in [-0.2, 0) is 28.8 Å². The largest absolute Gasteiger partial charge is 0.481 e. The molecule has 0 aromatic rings. The van der Waals surface area contributed by atoms with Crippen molar-refractivity contribution in [2.24, 2.45) is 0 Å². The van der Waals surface area contributed by atoms with E-state index >= 15 is 0 Å². The first kappa shape index (κ1) is 22.0. The van der Waals surface area contributed by atoms with E-state index in [-0.39, 0.29) is 41.6 Å². The molecule has 150 valence electrons. The van der Waals surface area contributed by atoms with E-state index in [4.69, 9.17) is 5.11 Å². The Morgan fingerprint density at radius 3 is 1.61 bits per heavy atom. The van der Waals surface area contributed by atoms with Crippen LogP contribution in [0.4, 0.5) is 0 Å². The molecule has 2 rings (SSSR count). The van der Waals surface area contributed by atoms with E-state index in [9.17, 15) is 28.8 Å². The van der Waals surface area contributed by atoms with E-state index in [2.05, 4.69) is 31.9 Å². The fourth-order valence-electron chi connectivity index (χ4n) is 2.55. The van der Waals surface area contributed by atoms with Crippen LogP contribution in [0.3, 0.4) is 0 Å². The lowest BCUT2D eigenvalue weighted by Crippen LogP contribution is -2.45. The van der Waals surface area contributed by atoms with Gasteiger partial charge in [0.15, 0.2) is 0 Å². The number of carbonyl (C=O) groups excluding carboxylic acids is 5. The highest BCUT2D eigenvalue weighted by atomic mass is 79.9. The molecular weight excluding hydrogens is 506 g/mol. The maximum Gasteiger partial charge on any atom is 0.303 e. The third kappa shape index (κ3) is 5.13. The first-order valence-electron chi connectivity index (χ1n) is 8.07. The van der Waals surface area contributed by atoms with Crippen molar-refractivity contribution in [2.45, 2.75) is 12.8 Å². The Hall–Kier alpha value is -2.34. The van der Waals surface area contributed by atoms with Crippen LogP contribution in [0.5, 0.6) is 0 Å². The molecule has 2 aliphatic heterocycles. The van der Waals surface area contributed by atoms with Crippen molar-refractivity contribution in [3.05, 3.63) is 21.1 Å². The van der Waals surface area contributed by atoms with Gasteiger partial charge in [0.1, 0.15) is 0 Å². The topological polar surface area (TPSA) is 132 Å². The van der Waals surface area contributed by atoms with Crippen LogP contribution in [0.2, 0.25) is 0 Å². The smallest absolute Gasteiger partial charge is 0.303 e. The van der Waals surface area contributed by atoms with Gasteiger partial charge in [-0.3, -0.25) is 38.6 Å². The summed E-state index contributed by atoms with van der Waals surface area (Å²) in [5, 5.41) is 8.76. The molecule has 0 atom stereocenters. The molecule has 0 radical (unpaired) electrons. The predicted molar refractivity (Wildman–Crippen MR) is 101 cm³/mol. The second-order valence-corrected chi connectivity index (χ2v) is 7.56. The van der Waals surface area contributed by atoms with Gasteiger partial charge >= 0.3 is 5.97 Å². The second kappa shape index (κ2) is 9.24. The number of amides is 5. The summed E-state index contributed by atoms with van der Waals surface area (Å²) in [7, 11) is 0. The van der Waals surface area contributed by atoms with Crippen molar-refractivity contribution < 1.29 is 33.9 Å². The summed E-state index contributed by atoms with van der Waals surface area (Å²) in [5.41, 5.74) is 0. The zero-order valence-corrected chi connectivity index (χ0v) is 17.6. The molecule has 0 spiro atoms. The van der Waals surface area contributed by atoms with E-state index in [1.165, 1.54) is 4.90 Å². The highest BCUT2D eigenvalue weighted by Gasteiger charge is 2.32. The average Bonchev–Trinajstić information content (AvgIpc) is 3.01. The molecule has 2 aliphatic rings. The predicted octanol–water partition coefficient (Wildman–Crippen LogP) is -0.0250. The minimum Gasteiger partial charge on any atom is -0.481 e. The van der Waals surface area contributed by atoms with Gasteiger partial charge in [-0.2, -0.15) is 0 Å². The molecule has 5 amide bonds. The van der Waals surface area contributed by atoms with Gasteiger partial charge in [0.2, 0.25) is 5.91 Å². The molecule has 0 bridgehead atoms. The Labute approximate surface area is 176 Å². The lowest BCUT2D eigenvalue weighted by molar-refractivity contribution is -0.142. The number of carboxylic acid groups (broad SMARTS) is 1. The van der Waals surface area contributed by atoms with Gasteiger partial charge in [-0.25, -0.2) is 0 Å². The summed E-state index contributed by atoms with van der Waals surface area (Å²) in [4.78, 5) is 73.5. The zero-order chi connectivity index (χ0) is 21.0. The molecule has 0 saturated carbocycles. The molecule has 0 aliphatic carbocycles. The lowest BCUT2D eigenvalue weighted by Gasteiger charge is -2.26. The highest BCUT2D eigenvalue weighted by molar-refractivity contribution is 9.12. The number of hydrogen-bond acceptors (Lipinski definition) is 6. The van der Waals surface area contributed by atoms with Crippen molar-refractivity contribution in [3.8, 4) is 0 Å². The third-order valence-electron chi connectivity index (χ3n) is 4.02. The summed E-state index contributed by atoms with van der Waals surface area (Å²) in [5.74, 6) is -3.83. The van der Waals surface area contributed by atoms with Crippen LogP contribution in [0.25, 0.3) is 0 Å². The van der Waals surface area contributed by atoms with E-state index < -0.39 is 41.9 Å². The Kier molecular flexibility index (Phi) is 7.24. The van der Waals surface area contributed by atoms with Crippen molar-refractivity contribution in [1.29, 1.82) is 0 Å². The molecule has 12 heteroatoms. The Balaban J connectivity index is 2.01. The van der Waals surface area contributed by atoms with Crippen molar-refractivity contribution in [3.63, 3.8) is 0 Å². The standard InChI is InChI=1S/C16H15Br2N3O7/c17-9-7-12(23)20(15(9)27)5-3-19(11(22)1-2-14(25)26)4-6-21-13(24)8-10(18)16(21)28/h7-8H,1-6H2,(H,25,26). The minimum atomic E-state index is -1.15. The van der Waals surface area contributed by atoms with Gasteiger partial charge in [-0.15, -0.1) is 0 Å². The van der Waals surface area contributed by atoms with Crippen LogP contribution >= 0.6 is 31.9 Å². The van der Waals surface area contributed by atoms with Crippen LogP contribution in [0, 0.1) is 0 Å². The molecule has 0 aromatic heterocycles. The molecule has 10 nitrogen and oxygen atoms in total. The molecule has 0 fully saturated rings. The Morgan fingerprint density at radius 2 is 1.29 bits per heavy atom. The average molecular weight is 521 g/mol. The second-order valence-electron chi connectivity index (χ2n) is 5.85. The van der Waals surface area contributed by atoms with Gasteiger partial charge in [0.05, 0.1) is 15.4 Å². The molecule has 1 N–H and O–H groups in total. The number of aliphatic carboxylic acids is 1. The molecule has 0 saturated heterocycles. The Bertz CT molecular complexity index is 769. The molecule has 0 aromatic carbocycles. The zero-order valence-electron chi connectivity index (χ0n) is 14.4. The van der Waals surface area contributed by atoms with Crippen LogP contribution < -0.4 is 0 Å². The summed E-state index contributed by atoms with van der Waals surface area (Å²) in [6.07, 6.45) is 1.55. The normalized spacial score (nSPS) is 16.6. The van der Waals surface area contributed by atoms with Crippen molar-refractivity contribution in [1.82, 2.24) is 14.7 Å². The summed E-state index contributed by atoms with van der Waals surface area (Å²) in [6.45, 7) is -0.332. The number of nitrogens with zero attached hydrogens (tertiary/aromatic N) is 3. The van der Waals surface area contributed by atoms with E-state index in [1.54, 1.807) is 0 Å². The van der Waals surface area contributed by atoms with Gasteiger partial charge in [-0.1, -0.05) is 0 Å². The third-order valence-corrected chi connectivity index (χ3v) is 5.16. The first-order chi connectivity index (χ1) is 13.1. The molecule has 2 heterocycles. The van der Waals surface area contributed by atoms with Gasteiger partial charge in [0.25, 0.3) is 23.6 Å². The van der Waals surface area contributed by atoms with E-state index in [1.807, 2.05) is 0 Å². The monoisotopic (exact) mass is 519 g/mol. The number of carboxylic acids is 1. The fraction of sp³-hybridized carbons (Fsp3) is 0.375. The van der Waals surface area contributed by atoms with Crippen molar-refractivity contribution >= 4 is 67.4 Å². The maximum absolute atomic E-state index is 12.4. The highest BCUT2D eigenvalue weighted by Crippen LogP contribution is 2.19. The lowest BCUT2D eigenvalue weighted by atomic mass is 10.2. The van der Waals surface area contributed by atoms with Crippen LogP contribution in [-0.4, -0.2) is 81.5 Å². The molecule has 0 unspecified atom stereocenters. The number of carbonyl (C=O) groups is 6. The number of rotatable bonds is 9. The maximum atomic E-state index is 12.4. The quantitative estimate of drug-likeness (QED) is 0.422. The first-order valence-corrected chi connectivity index (χ1v) is 9.66. The molecular formula is C16H15Br2N3O7. The number of halogens is 2. The number of imide groups is 2. The van der Waals surface area contributed by atoms with Gasteiger partial charge in [-0.05, 0) is 31.9 Å². The summed E-state index contributed by atoms with van der Waals surface area (Å²) < 4.78 is 0.205. The fourth-order valence-corrected chi connectivity index (χ4v) is 3.37. The van der Waals surface area contributed by atoms with E-state index in [0.717, 1.165) is 22.0 Å². The van der Waals surface area contributed by atoms with E-state index in [0.29, 0.717) is 0 Å². The van der Waals surface area contributed by atoms with Gasteiger partial charge < -0.3 is 10.0 Å². The summed E-state index contributed by atoms with van der Waals surface area (Å²) >= 11 is 5.93. The molecule has 28 heavy (non-hydrogen) atoms. The van der Waals surface area contributed by atoms with Gasteiger partial charge in [0, 0.05) is 44.8 Å². The Morgan fingerprint density at radius 1 is 0.857 bits per heavy atom. The van der Waals surface area contributed by atoms with Crippen LogP contribution in [0.1, 0.15) is 12.8 Å². The van der Waals surface area contributed by atoms with Crippen molar-refractivity contribution in [2.75, 3.05) is 26.2 Å². The summed E-state index contributed by atoms with van der Waals surface area (Å²) in [6, 6.07) is 0.